The smallest absolute Gasteiger partial charge is 0.255 e. The number of nitrogens with zero attached hydrogens (tertiary/aromatic N) is 1. The van der Waals surface area contributed by atoms with Crippen LogP contribution in [0.25, 0.3) is 0 Å². The lowest BCUT2D eigenvalue weighted by Gasteiger charge is -2.09. The van der Waals surface area contributed by atoms with Gasteiger partial charge in [-0.3, -0.25) is 4.79 Å². The molecular weight excluding hydrogens is 262 g/mol. The Morgan fingerprint density at radius 3 is 2.43 bits per heavy atom. The minimum absolute atomic E-state index is 0.244. The number of hydrogen-bond acceptors (Lipinski definition) is 3. The van der Waals surface area contributed by atoms with E-state index in [0.717, 1.165) is 0 Å². The Hall–Kier alpha value is -2.80. The molecule has 0 aliphatic carbocycles. The summed E-state index contributed by atoms with van der Waals surface area (Å²) in [4.78, 5) is 12.2. The van der Waals surface area contributed by atoms with Gasteiger partial charge in [0.2, 0.25) is 0 Å². The molecule has 2 rings (SSSR count). The number of nitriles is 1. The van der Waals surface area contributed by atoms with E-state index in [1.165, 1.54) is 11.6 Å². The Bertz CT molecular complexity index is 697. The Labute approximate surface area is 124 Å². The Kier molecular flexibility index (Phi) is 4.24. The van der Waals surface area contributed by atoms with E-state index in [1.54, 1.807) is 24.3 Å². The zero-order valence-corrected chi connectivity index (χ0v) is 12.1. The number of nitrogens with one attached hydrogen (secondary N) is 1. The molecule has 3 N–H and O–H groups in total. The summed E-state index contributed by atoms with van der Waals surface area (Å²) in [7, 11) is 0. The van der Waals surface area contributed by atoms with Gasteiger partial charge in [-0.2, -0.15) is 5.26 Å². The van der Waals surface area contributed by atoms with Crippen LogP contribution in [0, 0.1) is 11.3 Å². The monoisotopic (exact) mass is 279 g/mol. The van der Waals surface area contributed by atoms with E-state index in [-0.39, 0.29) is 5.91 Å². The van der Waals surface area contributed by atoms with Crippen LogP contribution in [0.4, 0.5) is 11.4 Å². The SMILES string of the molecule is CC(C)c1ccc(C(=O)Nc2ccc(N)cc2C#N)cc1. The second-order valence-corrected chi connectivity index (χ2v) is 5.15. The standard InChI is InChI=1S/C17H17N3O/c1-11(2)12-3-5-13(6-4-12)17(21)20-16-8-7-15(19)9-14(16)10-18/h3-9,11H,19H2,1-2H3,(H,20,21). The van der Waals surface area contributed by atoms with Crippen LogP contribution in [-0.2, 0) is 0 Å². The first-order valence-electron chi connectivity index (χ1n) is 6.72. The molecule has 0 atom stereocenters. The summed E-state index contributed by atoms with van der Waals surface area (Å²) in [6.45, 7) is 4.20. The molecule has 0 aromatic heterocycles. The first-order valence-corrected chi connectivity index (χ1v) is 6.72. The van der Waals surface area contributed by atoms with E-state index in [9.17, 15) is 4.79 Å². The summed E-state index contributed by atoms with van der Waals surface area (Å²) in [5.41, 5.74) is 8.66. The van der Waals surface area contributed by atoms with Gasteiger partial charge in [-0.15, -0.1) is 0 Å². The number of benzene rings is 2. The molecule has 0 saturated heterocycles. The van der Waals surface area contributed by atoms with Crippen LogP contribution < -0.4 is 11.1 Å². The molecule has 0 bridgehead atoms. The van der Waals surface area contributed by atoms with Crippen LogP contribution in [0.5, 0.6) is 0 Å². The predicted molar refractivity (Wildman–Crippen MR) is 84.1 cm³/mol. The Morgan fingerprint density at radius 1 is 1.19 bits per heavy atom. The van der Waals surface area contributed by atoms with Crippen molar-refractivity contribution in [3.05, 3.63) is 59.2 Å². The number of carbonyl (C=O) groups is 1. The molecule has 0 unspecified atom stereocenters. The van der Waals surface area contributed by atoms with E-state index in [1.807, 2.05) is 18.2 Å². The lowest BCUT2D eigenvalue weighted by atomic mass is 10.0. The highest BCUT2D eigenvalue weighted by Crippen LogP contribution is 2.20. The molecule has 0 aliphatic heterocycles. The van der Waals surface area contributed by atoms with Crippen molar-refractivity contribution in [3.63, 3.8) is 0 Å². The molecule has 21 heavy (non-hydrogen) atoms. The molecule has 2 aromatic rings. The van der Waals surface area contributed by atoms with Gasteiger partial charge < -0.3 is 11.1 Å². The number of anilines is 2. The third-order valence-electron chi connectivity index (χ3n) is 3.25. The summed E-state index contributed by atoms with van der Waals surface area (Å²) in [6, 6.07) is 14.3. The van der Waals surface area contributed by atoms with E-state index < -0.39 is 0 Å². The molecule has 106 valence electrons. The molecule has 0 saturated carbocycles. The lowest BCUT2D eigenvalue weighted by molar-refractivity contribution is 0.102. The normalized spacial score (nSPS) is 10.2. The molecule has 0 radical (unpaired) electrons. The molecule has 4 nitrogen and oxygen atoms in total. The van der Waals surface area contributed by atoms with Gasteiger partial charge in [0.1, 0.15) is 6.07 Å². The molecule has 0 fully saturated rings. The summed E-state index contributed by atoms with van der Waals surface area (Å²) in [5, 5.41) is 11.8. The van der Waals surface area contributed by atoms with E-state index >= 15 is 0 Å². The van der Waals surface area contributed by atoms with Gasteiger partial charge in [-0.1, -0.05) is 26.0 Å². The van der Waals surface area contributed by atoms with Crippen LogP contribution >= 0.6 is 0 Å². The third-order valence-corrected chi connectivity index (χ3v) is 3.25. The molecule has 0 aliphatic rings. The minimum atomic E-state index is -0.244. The van der Waals surface area contributed by atoms with E-state index in [4.69, 9.17) is 11.0 Å². The first kappa shape index (κ1) is 14.6. The maximum atomic E-state index is 12.2. The van der Waals surface area contributed by atoms with Crippen LogP contribution in [0.2, 0.25) is 0 Å². The quantitative estimate of drug-likeness (QED) is 0.844. The van der Waals surface area contributed by atoms with Crippen LogP contribution in [-0.4, -0.2) is 5.91 Å². The predicted octanol–water partition coefficient (Wildman–Crippen LogP) is 3.52. The zero-order valence-electron chi connectivity index (χ0n) is 12.1. The topological polar surface area (TPSA) is 78.9 Å². The molecular formula is C17H17N3O. The highest BCUT2D eigenvalue weighted by Gasteiger charge is 2.10. The van der Waals surface area contributed by atoms with Gasteiger partial charge >= 0.3 is 0 Å². The molecule has 2 aromatic carbocycles. The second kappa shape index (κ2) is 6.10. The largest absolute Gasteiger partial charge is 0.399 e. The molecule has 0 heterocycles. The number of carbonyl (C=O) groups excluding carboxylic acids is 1. The van der Waals surface area contributed by atoms with Crippen molar-refractivity contribution in [1.82, 2.24) is 0 Å². The van der Waals surface area contributed by atoms with Crippen LogP contribution in [0.3, 0.4) is 0 Å². The highest BCUT2D eigenvalue weighted by atomic mass is 16.1. The second-order valence-electron chi connectivity index (χ2n) is 5.15. The van der Waals surface area contributed by atoms with Gasteiger partial charge in [0.15, 0.2) is 0 Å². The summed E-state index contributed by atoms with van der Waals surface area (Å²) >= 11 is 0. The first-order chi connectivity index (χ1) is 10.0. The highest BCUT2D eigenvalue weighted by molar-refractivity contribution is 6.05. The fourth-order valence-corrected chi connectivity index (χ4v) is 1.98. The molecule has 4 heteroatoms. The third kappa shape index (κ3) is 3.40. The van der Waals surface area contributed by atoms with Crippen molar-refractivity contribution < 1.29 is 4.79 Å². The van der Waals surface area contributed by atoms with Crippen LogP contribution in [0.1, 0.15) is 41.3 Å². The lowest BCUT2D eigenvalue weighted by Crippen LogP contribution is -2.13. The van der Waals surface area contributed by atoms with Crippen molar-refractivity contribution >= 4 is 17.3 Å². The van der Waals surface area contributed by atoms with E-state index in [0.29, 0.717) is 28.4 Å². The van der Waals surface area contributed by atoms with Crippen molar-refractivity contribution in [2.75, 3.05) is 11.1 Å². The van der Waals surface area contributed by atoms with Gasteiger partial charge in [0, 0.05) is 11.3 Å². The molecule has 0 spiro atoms. The number of rotatable bonds is 3. The van der Waals surface area contributed by atoms with Crippen molar-refractivity contribution in [2.45, 2.75) is 19.8 Å². The maximum absolute atomic E-state index is 12.2. The van der Waals surface area contributed by atoms with Crippen molar-refractivity contribution in [1.29, 1.82) is 5.26 Å². The van der Waals surface area contributed by atoms with Crippen molar-refractivity contribution in [3.8, 4) is 6.07 Å². The Balaban J connectivity index is 2.20. The average molecular weight is 279 g/mol. The number of nitrogen functional groups attached to an aromatic ring is 1. The number of nitrogens with two attached hydrogens (primary N) is 1. The van der Waals surface area contributed by atoms with Gasteiger partial charge in [0.25, 0.3) is 5.91 Å². The van der Waals surface area contributed by atoms with Gasteiger partial charge in [-0.05, 0) is 41.8 Å². The summed E-state index contributed by atoms with van der Waals surface area (Å²) < 4.78 is 0. The zero-order chi connectivity index (χ0) is 15.4. The summed E-state index contributed by atoms with van der Waals surface area (Å²) in [6.07, 6.45) is 0. The van der Waals surface area contributed by atoms with Gasteiger partial charge in [-0.25, -0.2) is 0 Å². The molecule has 1 amide bonds. The van der Waals surface area contributed by atoms with Crippen LogP contribution in [0.15, 0.2) is 42.5 Å². The Morgan fingerprint density at radius 2 is 1.86 bits per heavy atom. The minimum Gasteiger partial charge on any atom is -0.399 e. The average Bonchev–Trinajstić information content (AvgIpc) is 2.49. The number of amides is 1. The van der Waals surface area contributed by atoms with Gasteiger partial charge in [0.05, 0.1) is 11.3 Å². The fraction of sp³-hybridized carbons (Fsp3) is 0.176. The maximum Gasteiger partial charge on any atom is 0.255 e. The fourth-order valence-electron chi connectivity index (χ4n) is 1.98. The number of hydrogen-bond donors (Lipinski definition) is 2. The van der Waals surface area contributed by atoms with E-state index in [2.05, 4.69) is 19.2 Å². The summed E-state index contributed by atoms with van der Waals surface area (Å²) in [5.74, 6) is 0.177. The van der Waals surface area contributed by atoms with Crippen molar-refractivity contribution in [2.24, 2.45) is 0 Å².